The van der Waals surface area contributed by atoms with E-state index in [1.807, 2.05) is 129 Å². The van der Waals surface area contributed by atoms with Crippen molar-refractivity contribution in [2.45, 2.75) is 124 Å². The van der Waals surface area contributed by atoms with Crippen LogP contribution in [0.5, 0.6) is 11.5 Å². The van der Waals surface area contributed by atoms with Crippen LogP contribution >= 0.6 is 23.2 Å². The van der Waals surface area contributed by atoms with Crippen molar-refractivity contribution in [2.24, 2.45) is 17.8 Å². The van der Waals surface area contributed by atoms with E-state index in [1.165, 1.54) is 16.7 Å². The Kier molecular flexibility index (Phi) is 22.9. The summed E-state index contributed by atoms with van der Waals surface area (Å²) in [5.74, 6) is 2.47. The zero-order chi connectivity index (χ0) is 59.5. The minimum atomic E-state index is -1.42. The number of rotatable bonds is 24. The minimum absolute atomic E-state index is 0.0605. The molecule has 8 aromatic rings. The van der Waals surface area contributed by atoms with Crippen LogP contribution in [-0.4, -0.2) is 42.7 Å². The molecule has 1 N–H and O–H groups in total. The van der Waals surface area contributed by atoms with Crippen LogP contribution in [0.3, 0.4) is 0 Å². The second-order valence-corrected chi connectivity index (χ2v) is 23.1. The summed E-state index contributed by atoms with van der Waals surface area (Å²) >= 11 is 13.5. The first-order valence-corrected chi connectivity index (χ1v) is 31.0. The molecule has 0 fully saturated rings. The zero-order valence-electron chi connectivity index (χ0n) is 50.0. The topological polar surface area (TPSA) is 75.6 Å². The summed E-state index contributed by atoms with van der Waals surface area (Å²) in [5.41, 5.74) is 11.5. The molecule has 0 saturated carbocycles. The van der Waals surface area contributed by atoms with Gasteiger partial charge in [0.1, 0.15) is 29.3 Å². The van der Waals surface area contributed by atoms with Gasteiger partial charge < -0.3 is 33.5 Å². The van der Waals surface area contributed by atoms with Gasteiger partial charge in [-0.05, 0) is 161 Å². The maximum absolute atomic E-state index is 12.7. The molecular formula is C76H82Cl2O7. The van der Waals surface area contributed by atoms with Crippen LogP contribution in [0.1, 0.15) is 110 Å². The Morgan fingerprint density at radius 3 is 1.39 bits per heavy atom. The molecule has 2 aliphatic rings. The third-order valence-electron chi connectivity index (χ3n) is 16.5. The van der Waals surface area contributed by atoms with Crippen LogP contribution in [0.25, 0.3) is 5.57 Å². The average Bonchev–Trinajstić information content (AvgIpc) is 1.54. The Morgan fingerprint density at radius 2 is 0.918 bits per heavy atom. The molecule has 0 aromatic heterocycles. The Labute approximate surface area is 515 Å². The van der Waals surface area contributed by atoms with E-state index in [0.29, 0.717) is 62.9 Å². The molecule has 10 rings (SSSR count). The summed E-state index contributed by atoms with van der Waals surface area (Å²) in [4.78, 5) is 0. The smallest absolute Gasteiger partial charge is 0.137 e. The van der Waals surface area contributed by atoms with Gasteiger partial charge >= 0.3 is 0 Å². The molecule has 8 aromatic carbocycles. The highest BCUT2D eigenvalue weighted by molar-refractivity contribution is 6.31. The second-order valence-electron chi connectivity index (χ2n) is 22.3. The summed E-state index contributed by atoms with van der Waals surface area (Å²) in [6.45, 7) is 16.0. The molecule has 2 aliphatic carbocycles. The highest BCUT2D eigenvalue weighted by Gasteiger charge is 2.50. The van der Waals surface area contributed by atoms with Gasteiger partial charge in [0, 0.05) is 16.0 Å². The second kappa shape index (κ2) is 31.0. The normalized spacial score (nSPS) is 21.0. The van der Waals surface area contributed by atoms with E-state index in [-0.39, 0.29) is 24.2 Å². The first kappa shape index (κ1) is 62.7. The molecule has 85 heavy (non-hydrogen) atoms. The van der Waals surface area contributed by atoms with Crippen molar-refractivity contribution in [3.8, 4) is 11.5 Å². The van der Waals surface area contributed by atoms with Crippen molar-refractivity contribution < 1.29 is 33.5 Å². The van der Waals surface area contributed by atoms with Crippen LogP contribution < -0.4 is 9.47 Å². The summed E-state index contributed by atoms with van der Waals surface area (Å²) in [6.07, 6.45) is 6.28. The van der Waals surface area contributed by atoms with Crippen molar-refractivity contribution in [1.82, 2.24) is 0 Å². The van der Waals surface area contributed by atoms with Crippen molar-refractivity contribution in [1.29, 1.82) is 0 Å². The predicted octanol–water partition coefficient (Wildman–Crippen LogP) is 18.2. The fourth-order valence-corrected chi connectivity index (χ4v) is 12.1. The van der Waals surface area contributed by atoms with Crippen LogP contribution in [0.2, 0.25) is 10.0 Å². The van der Waals surface area contributed by atoms with Crippen molar-refractivity contribution in [3.63, 3.8) is 0 Å². The Balaban J connectivity index is 0.000000204. The van der Waals surface area contributed by atoms with Crippen molar-refractivity contribution in [3.05, 3.63) is 290 Å². The van der Waals surface area contributed by atoms with Crippen LogP contribution in [0.4, 0.5) is 0 Å². The molecule has 0 heterocycles. The van der Waals surface area contributed by atoms with Crippen molar-refractivity contribution in [2.75, 3.05) is 13.2 Å². The first-order chi connectivity index (χ1) is 41.5. The third-order valence-corrected chi connectivity index (χ3v) is 17.3. The molecule has 0 amide bonds. The number of ether oxygens (including phenoxy) is 6. The van der Waals surface area contributed by atoms with Gasteiger partial charge in [-0.15, -0.1) is 0 Å². The van der Waals surface area contributed by atoms with E-state index in [0.717, 1.165) is 85.9 Å². The molecular weight excluding hydrogens is 1100 g/mol. The van der Waals surface area contributed by atoms with Crippen LogP contribution in [0.15, 0.2) is 224 Å². The zero-order valence-corrected chi connectivity index (χ0v) is 51.6. The number of aliphatic hydroxyl groups is 1. The fraction of sp³-hybridized carbons (Fsp3) is 0.316. The quantitative estimate of drug-likeness (QED) is 0.0604. The van der Waals surface area contributed by atoms with Crippen LogP contribution in [-0.2, 0) is 63.8 Å². The molecule has 8 atom stereocenters. The summed E-state index contributed by atoms with van der Waals surface area (Å²) in [7, 11) is 0. The van der Waals surface area contributed by atoms with E-state index in [9.17, 15) is 5.11 Å². The SMILES string of the molecule is CCOc1ccc(Cc2cc(C3=C[C@H](CC)[C@@H](C)[C@H](OCc4ccccc4)[C@H]3OCc3ccccc3)ccc2Cl)cc1.CCOc1ccc(Cc2cc([C@]3(O)C=C(CC)[C@@H](C)[C@H](OCc4ccccc4)[C@H]3OCc3ccccc3)ccc2Cl)cc1. The average molecular weight is 1180 g/mol. The highest BCUT2D eigenvalue weighted by Crippen LogP contribution is 2.45. The monoisotopic (exact) mass is 1180 g/mol. The third kappa shape index (κ3) is 16.6. The molecule has 7 nitrogen and oxygen atoms in total. The molecule has 0 unspecified atom stereocenters. The fourth-order valence-electron chi connectivity index (χ4n) is 11.8. The molecule has 442 valence electrons. The molecule has 9 heteroatoms. The number of benzene rings is 8. The lowest BCUT2D eigenvalue weighted by Crippen LogP contribution is -2.54. The lowest BCUT2D eigenvalue weighted by atomic mass is 9.72. The molecule has 0 radical (unpaired) electrons. The van der Waals surface area contributed by atoms with Gasteiger partial charge in [-0.2, -0.15) is 0 Å². The summed E-state index contributed by atoms with van der Waals surface area (Å²) in [5, 5.41) is 14.1. The Morgan fingerprint density at radius 1 is 0.471 bits per heavy atom. The number of hydrogen-bond acceptors (Lipinski definition) is 7. The van der Waals surface area contributed by atoms with Crippen molar-refractivity contribution >= 4 is 28.8 Å². The first-order valence-electron chi connectivity index (χ1n) is 30.3. The number of allylic oxidation sites excluding steroid dienone is 1. The minimum Gasteiger partial charge on any atom is -0.494 e. The number of hydrogen-bond donors (Lipinski definition) is 1. The lowest BCUT2D eigenvalue weighted by molar-refractivity contribution is -0.180. The van der Waals surface area contributed by atoms with E-state index in [1.54, 1.807) is 0 Å². The molecule has 0 spiro atoms. The van der Waals surface area contributed by atoms with E-state index < -0.39 is 11.7 Å². The molecule has 0 saturated heterocycles. The maximum Gasteiger partial charge on any atom is 0.137 e. The van der Waals surface area contributed by atoms with Crippen LogP contribution in [0, 0.1) is 17.8 Å². The van der Waals surface area contributed by atoms with Gasteiger partial charge in [-0.1, -0.05) is 226 Å². The standard InChI is InChI=1S/C38H41ClO4.C38H41ClO3/c1-4-31-24-38(40,33-18-21-35(39)32(23-33)22-28-16-19-34(20-17-28)41-5-2)37(43-26-30-14-10-7-11-15-30)36(27(31)3)42-25-29-12-8-6-9-13-29;1-4-31-24-35(32-18-21-36(39)33(23-32)22-28-16-19-34(20-17-28)40-5-2)38(42-26-30-14-10-7-11-15-30)37(27(31)3)41-25-29-12-8-6-9-13-29/h6-21,23-24,27,36-37,40H,4-5,22,25-26H2,1-3H3;6-21,23-24,27,31,37-38H,4-5,22,25-26H2,1-3H3/t27-,36+,37-,38-;27-,31+,37+,38+/m11/s1. The van der Waals surface area contributed by atoms with Gasteiger partial charge in [0.25, 0.3) is 0 Å². The molecule has 0 aliphatic heterocycles. The lowest BCUT2D eigenvalue weighted by Gasteiger charge is -2.46. The maximum atomic E-state index is 12.7. The van der Waals surface area contributed by atoms with E-state index in [4.69, 9.17) is 51.6 Å². The Hall–Kier alpha value is -6.78. The largest absolute Gasteiger partial charge is 0.494 e. The highest BCUT2D eigenvalue weighted by atomic mass is 35.5. The molecule has 0 bridgehead atoms. The van der Waals surface area contributed by atoms with E-state index >= 15 is 0 Å². The Bertz CT molecular complexity index is 3370. The summed E-state index contributed by atoms with van der Waals surface area (Å²) in [6, 6.07) is 69.5. The number of halogens is 2. The predicted molar refractivity (Wildman–Crippen MR) is 346 cm³/mol. The summed E-state index contributed by atoms with van der Waals surface area (Å²) < 4.78 is 38.1. The van der Waals surface area contributed by atoms with Gasteiger partial charge in [0.05, 0.1) is 51.8 Å². The van der Waals surface area contributed by atoms with Gasteiger partial charge in [0.15, 0.2) is 0 Å². The van der Waals surface area contributed by atoms with Gasteiger partial charge in [0.2, 0.25) is 0 Å². The van der Waals surface area contributed by atoms with Gasteiger partial charge in [-0.25, -0.2) is 0 Å². The van der Waals surface area contributed by atoms with E-state index in [2.05, 4.69) is 131 Å². The van der Waals surface area contributed by atoms with Gasteiger partial charge in [-0.3, -0.25) is 0 Å².